The van der Waals surface area contributed by atoms with Gasteiger partial charge in [-0.3, -0.25) is 4.79 Å². The van der Waals surface area contributed by atoms with Crippen LogP contribution in [-0.4, -0.2) is 36.0 Å². The third-order valence-electron chi connectivity index (χ3n) is 5.41. The Bertz CT molecular complexity index is 800. The van der Waals surface area contributed by atoms with Gasteiger partial charge in [-0.15, -0.1) is 0 Å². The van der Waals surface area contributed by atoms with E-state index in [1.54, 1.807) is 13.3 Å². The van der Waals surface area contributed by atoms with E-state index in [1.165, 1.54) is 11.1 Å². The first-order chi connectivity index (χ1) is 12.8. The van der Waals surface area contributed by atoms with Gasteiger partial charge in [-0.05, 0) is 67.5 Å². The van der Waals surface area contributed by atoms with Crippen molar-refractivity contribution < 1.29 is 9.53 Å². The summed E-state index contributed by atoms with van der Waals surface area (Å²) >= 11 is 0. The number of hydrogen-bond acceptors (Lipinski definition) is 4. The molecule has 0 saturated carbocycles. The first-order valence-electron chi connectivity index (χ1n) is 9.44. The maximum absolute atomic E-state index is 12.9. The highest BCUT2D eigenvalue weighted by Crippen LogP contribution is 2.35. The molecule has 5 heteroatoms. The third-order valence-corrected chi connectivity index (χ3v) is 5.41. The van der Waals surface area contributed by atoms with Gasteiger partial charge in [0.2, 0.25) is 0 Å². The zero-order valence-corrected chi connectivity index (χ0v) is 15.2. The van der Waals surface area contributed by atoms with Crippen molar-refractivity contribution in [3.05, 3.63) is 53.2 Å². The number of hydrogen-bond donors (Lipinski definition) is 1. The van der Waals surface area contributed by atoms with Gasteiger partial charge in [-0.2, -0.15) is 0 Å². The molecule has 1 aromatic heterocycles. The molecule has 1 fully saturated rings. The first-order valence-corrected chi connectivity index (χ1v) is 9.44. The number of nitrogens with zero attached hydrogens (tertiary/aromatic N) is 2. The summed E-state index contributed by atoms with van der Waals surface area (Å²) in [5.74, 6) is 1.68. The van der Waals surface area contributed by atoms with E-state index in [0.29, 0.717) is 11.4 Å². The largest absolute Gasteiger partial charge is 0.497 e. The van der Waals surface area contributed by atoms with Gasteiger partial charge >= 0.3 is 0 Å². The van der Waals surface area contributed by atoms with Gasteiger partial charge < -0.3 is 15.0 Å². The number of nitrogens with one attached hydrogen (secondary N) is 1. The molecule has 0 bridgehead atoms. The highest BCUT2D eigenvalue weighted by atomic mass is 16.5. The Labute approximate surface area is 154 Å². The van der Waals surface area contributed by atoms with Crippen LogP contribution in [0.3, 0.4) is 0 Å². The van der Waals surface area contributed by atoms with Crippen LogP contribution in [-0.2, 0) is 6.42 Å². The van der Waals surface area contributed by atoms with Crippen LogP contribution in [0.4, 0.5) is 5.82 Å². The number of carbonyl (C=O) groups is 1. The molecule has 1 N–H and O–H groups in total. The maximum Gasteiger partial charge on any atom is 0.257 e. The Morgan fingerprint density at radius 1 is 1.23 bits per heavy atom. The second-order valence-electron chi connectivity index (χ2n) is 7.05. The van der Waals surface area contributed by atoms with E-state index < -0.39 is 0 Å². The van der Waals surface area contributed by atoms with Gasteiger partial charge in [-0.1, -0.05) is 6.07 Å². The average molecular weight is 351 g/mol. The van der Waals surface area contributed by atoms with Crippen LogP contribution in [0.25, 0.3) is 0 Å². The van der Waals surface area contributed by atoms with Crippen molar-refractivity contribution in [3.8, 4) is 5.75 Å². The number of aromatic nitrogens is 1. The molecule has 1 atom stereocenters. The fourth-order valence-electron chi connectivity index (χ4n) is 4.02. The SMILES string of the molecule is COc1ccc2c(c1)CCCC2Nc1ncccc1C(=O)N1CCCC1. The summed E-state index contributed by atoms with van der Waals surface area (Å²) in [6.45, 7) is 1.69. The molecular weight excluding hydrogens is 326 g/mol. The summed E-state index contributed by atoms with van der Waals surface area (Å²) in [6.07, 6.45) is 7.14. The minimum Gasteiger partial charge on any atom is -0.497 e. The van der Waals surface area contributed by atoms with Crippen LogP contribution in [0.5, 0.6) is 5.75 Å². The molecule has 2 aromatic rings. The van der Waals surface area contributed by atoms with Crippen molar-refractivity contribution in [2.24, 2.45) is 0 Å². The van der Waals surface area contributed by atoms with Crippen LogP contribution in [0.15, 0.2) is 36.5 Å². The summed E-state index contributed by atoms with van der Waals surface area (Å²) in [5, 5.41) is 3.55. The number of amides is 1. The molecule has 1 aromatic carbocycles. The van der Waals surface area contributed by atoms with Crippen molar-refractivity contribution in [3.63, 3.8) is 0 Å². The molecule has 1 saturated heterocycles. The molecular formula is C21H25N3O2. The number of aryl methyl sites for hydroxylation is 1. The summed E-state index contributed by atoms with van der Waals surface area (Å²) < 4.78 is 5.36. The Kier molecular flexibility index (Phi) is 4.78. The number of fused-ring (bicyclic) bond motifs is 1. The molecule has 5 nitrogen and oxygen atoms in total. The molecule has 1 amide bonds. The number of ether oxygens (including phenoxy) is 1. The van der Waals surface area contributed by atoms with E-state index in [2.05, 4.69) is 22.4 Å². The second kappa shape index (κ2) is 7.36. The van der Waals surface area contributed by atoms with Gasteiger partial charge in [0.1, 0.15) is 11.6 Å². The molecule has 1 aliphatic carbocycles. The van der Waals surface area contributed by atoms with Crippen molar-refractivity contribution in [2.75, 3.05) is 25.5 Å². The Morgan fingerprint density at radius 2 is 2.08 bits per heavy atom. The molecule has 26 heavy (non-hydrogen) atoms. The van der Waals surface area contributed by atoms with Crippen molar-refractivity contribution in [1.29, 1.82) is 0 Å². The first kappa shape index (κ1) is 16.9. The monoisotopic (exact) mass is 351 g/mol. The zero-order chi connectivity index (χ0) is 17.9. The van der Waals surface area contributed by atoms with Gasteiger partial charge in [-0.25, -0.2) is 4.98 Å². The van der Waals surface area contributed by atoms with Gasteiger partial charge in [0.15, 0.2) is 0 Å². The van der Waals surface area contributed by atoms with E-state index in [0.717, 1.165) is 50.9 Å². The highest BCUT2D eigenvalue weighted by molar-refractivity contribution is 5.98. The highest BCUT2D eigenvalue weighted by Gasteiger charge is 2.25. The number of methoxy groups -OCH3 is 1. The Balaban J connectivity index is 1.60. The lowest BCUT2D eigenvalue weighted by Gasteiger charge is -2.28. The summed E-state index contributed by atoms with van der Waals surface area (Å²) in [6, 6.07) is 10.2. The van der Waals surface area contributed by atoms with E-state index in [-0.39, 0.29) is 11.9 Å². The van der Waals surface area contributed by atoms with Gasteiger partial charge in [0.25, 0.3) is 5.91 Å². The van der Waals surface area contributed by atoms with E-state index in [1.807, 2.05) is 23.1 Å². The van der Waals surface area contributed by atoms with E-state index in [4.69, 9.17) is 4.74 Å². The molecule has 136 valence electrons. The van der Waals surface area contributed by atoms with Crippen LogP contribution in [0.2, 0.25) is 0 Å². The number of anilines is 1. The minimum absolute atomic E-state index is 0.0869. The number of rotatable bonds is 4. The fraction of sp³-hybridized carbons (Fsp3) is 0.429. The lowest BCUT2D eigenvalue weighted by atomic mass is 9.87. The lowest BCUT2D eigenvalue weighted by Crippen LogP contribution is -2.29. The van der Waals surface area contributed by atoms with Gasteiger partial charge in [0.05, 0.1) is 18.7 Å². The molecule has 1 unspecified atom stereocenters. The predicted molar refractivity (Wildman–Crippen MR) is 102 cm³/mol. The second-order valence-corrected chi connectivity index (χ2v) is 7.05. The Hall–Kier alpha value is -2.56. The van der Waals surface area contributed by atoms with Crippen LogP contribution < -0.4 is 10.1 Å². The zero-order valence-electron chi connectivity index (χ0n) is 15.2. The quantitative estimate of drug-likeness (QED) is 0.910. The van der Waals surface area contributed by atoms with Gasteiger partial charge in [0, 0.05) is 19.3 Å². The van der Waals surface area contributed by atoms with Crippen LogP contribution >= 0.6 is 0 Å². The Morgan fingerprint density at radius 3 is 2.88 bits per heavy atom. The van der Waals surface area contributed by atoms with E-state index in [9.17, 15) is 4.79 Å². The van der Waals surface area contributed by atoms with E-state index >= 15 is 0 Å². The van der Waals surface area contributed by atoms with Crippen molar-refractivity contribution in [1.82, 2.24) is 9.88 Å². The summed E-state index contributed by atoms with van der Waals surface area (Å²) in [5.41, 5.74) is 3.27. The fourth-order valence-corrected chi connectivity index (χ4v) is 4.02. The smallest absolute Gasteiger partial charge is 0.257 e. The van der Waals surface area contributed by atoms with Crippen LogP contribution in [0, 0.1) is 0 Å². The van der Waals surface area contributed by atoms with Crippen molar-refractivity contribution in [2.45, 2.75) is 38.1 Å². The standard InChI is InChI=1S/C21H25N3O2/c1-26-16-9-10-17-15(14-16)6-4-8-19(17)23-20-18(7-5-11-22-20)21(25)24-12-2-3-13-24/h5,7,9-11,14,19H,2-4,6,8,12-13H2,1H3,(H,22,23). The summed E-state index contributed by atoms with van der Waals surface area (Å²) in [4.78, 5) is 19.3. The molecule has 0 spiro atoms. The maximum atomic E-state index is 12.9. The number of benzene rings is 1. The third kappa shape index (κ3) is 3.26. The molecule has 1 aliphatic heterocycles. The lowest BCUT2D eigenvalue weighted by molar-refractivity contribution is 0.0793. The average Bonchev–Trinajstić information content (AvgIpc) is 3.22. The topological polar surface area (TPSA) is 54.5 Å². The summed E-state index contributed by atoms with van der Waals surface area (Å²) in [7, 11) is 1.70. The minimum atomic E-state index is 0.0869. The number of carbonyl (C=O) groups excluding carboxylic acids is 1. The predicted octanol–water partition coefficient (Wildman–Crippen LogP) is 3.82. The number of likely N-dealkylation sites (tertiary alicyclic amines) is 1. The van der Waals surface area contributed by atoms with Crippen LogP contribution in [0.1, 0.15) is 53.2 Å². The van der Waals surface area contributed by atoms with Crippen molar-refractivity contribution >= 4 is 11.7 Å². The molecule has 2 heterocycles. The normalized spacial score (nSPS) is 19.1. The molecule has 4 rings (SSSR count). The number of pyridine rings is 1. The molecule has 2 aliphatic rings. The molecule has 0 radical (unpaired) electrons.